The third kappa shape index (κ3) is 5.19. The van der Waals surface area contributed by atoms with Crippen molar-refractivity contribution >= 4 is 23.7 Å². The van der Waals surface area contributed by atoms with E-state index in [2.05, 4.69) is 22.2 Å². The molecule has 9 nitrogen and oxygen atoms in total. The normalized spacial score (nSPS) is 11.1. The summed E-state index contributed by atoms with van der Waals surface area (Å²) in [4.78, 5) is 11.0. The van der Waals surface area contributed by atoms with E-state index in [9.17, 15) is 10.1 Å². The first-order chi connectivity index (χ1) is 13.0. The SMILES string of the molecule is CCCCCOc1c(OC)cc(/C=N\n2c(C)nnc2SC)cc1[N+](=O)[O-]. The van der Waals surface area contributed by atoms with Crippen molar-refractivity contribution in [1.29, 1.82) is 0 Å². The van der Waals surface area contributed by atoms with Crippen LogP contribution in [0.3, 0.4) is 0 Å². The van der Waals surface area contributed by atoms with Crippen LogP contribution in [-0.4, -0.2) is 46.0 Å². The average Bonchev–Trinajstić information content (AvgIpc) is 3.03. The lowest BCUT2D eigenvalue weighted by molar-refractivity contribution is -0.386. The number of hydrogen-bond donors (Lipinski definition) is 0. The molecule has 0 unspecified atom stereocenters. The molecule has 0 saturated carbocycles. The van der Waals surface area contributed by atoms with Gasteiger partial charge in [0.1, 0.15) is 0 Å². The van der Waals surface area contributed by atoms with Crippen LogP contribution in [0.15, 0.2) is 22.4 Å². The second kappa shape index (κ2) is 9.91. The number of aryl methyl sites for hydroxylation is 1. The fraction of sp³-hybridized carbons (Fsp3) is 0.471. The fourth-order valence-electron chi connectivity index (χ4n) is 2.36. The largest absolute Gasteiger partial charge is 0.493 e. The number of nitrogens with zero attached hydrogens (tertiary/aromatic N) is 5. The predicted octanol–water partition coefficient (Wildman–Crippen LogP) is 3.68. The first-order valence-electron chi connectivity index (χ1n) is 8.51. The molecule has 0 radical (unpaired) electrons. The number of thioether (sulfide) groups is 1. The second-order valence-electron chi connectivity index (χ2n) is 5.67. The average molecular weight is 393 g/mol. The van der Waals surface area contributed by atoms with Crippen LogP contribution in [0.4, 0.5) is 5.69 Å². The van der Waals surface area contributed by atoms with Crippen molar-refractivity contribution in [3.63, 3.8) is 0 Å². The first-order valence-corrected chi connectivity index (χ1v) is 9.73. The highest BCUT2D eigenvalue weighted by Gasteiger charge is 2.22. The highest BCUT2D eigenvalue weighted by molar-refractivity contribution is 7.98. The molecule has 2 rings (SSSR count). The maximum Gasteiger partial charge on any atom is 0.315 e. The number of ether oxygens (including phenoxy) is 2. The molecule has 1 aromatic carbocycles. The summed E-state index contributed by atoms with van der Waals surface area (Å²) in [5, 5.41) is 24.4. The highest BCUT2D eigenvalue weighted by atomic mass is 32.2. The molecule has 0 aliphatic heterocycles. The Bertz CT molecular complexity index is 822. The van der Waals surface area contributed by atoms with Crippen LogP contribution in [0.1, 0.15) is 37.6 Å². The molecule has 27 heavy (non-hydrogen) atoms. The number of methoxy groups -OCH3 is 1. The zero-order valence-electron chi connectivity index (χ0n) is 15.8. The van der Waals surface area contributed by atoms with E-state index in [0.717, 1.165) is 19.3 Å². The van der Waals surface area contributed by atoms with Gasteiger partial charge < -0.3 is 9.47 Å². The molecule has 0 aliphatic rings. The minimum atomic E-state index is -0.480. The minimum Gasteiger partial charge on any atom is -0.493 e. The molecule has 2 aromatic rings. The lowest BCUT2D eigenvalue weighted by Gasteiger charge is -2.11. The van der Waals surface area contributed by atoms with Crippen LogP contribution in [0, 0.1) is 17.0 Å². The number of benzene rings is 1. The Kier molecular flexibility index (Phi) is 7.59. The van der Waals surface area contributed by atoms with Gasteiger partial charge in [0.05, 0.1) is 24.9 Å². The zero-order valence-corrected chi connectivity index (χ0v) is 16.7. The van der Waals surface area contributed by atoms with Gasteiger partial charge in [-0.25, -0.2) is 0 Å². The lowest BCUT2D eigenvalue weighted by atomic mass is 10.2. The van der Waals surface area contributed by atoms with Crippen LogP contribution in [0.2, 0.25) is 0 Å². The zero-order chi connectivity index (χ0) is 19.8. The first kappa shape index (κ1) is 20.7. The van der Waals surface area contributed by atoms with Crippen molar-refractivity contribution in [3.8, 4) is 11.5 Å². The van der Waals surface area contributed by atoms with Gasteiger partial charge in [-0.2, -0.15) is 9.78 Å². The van der Waals surface area contributed by atoms with Crippen LogP contribution >= 0.6 is 11.8 Å². The highest BCUT2D eigenvalue weighted by Crippen LogP contribution is 2.38. The van der Waals surface area contributed by atoms with Gasteiger partial charge in [-0.15, -0.1) is 10.2 Å². The Morgan fingerprint density at radius 3 is 2.78 bits per heavy atom. The van der Waals surface area contributed by atoms with Gasteiger partial charge in [-0.1, -0.05) is 31.5 Å². The van der Waals surface area contributed by atoms with Crippen molar-refractivity contribution in [2.24, 2.45) is 5.10 Å². The number of aromatic nitrogens is 3. The third-order valence-corrected chi connectivity index (χ3v) is 4.36. The quantitative estimate of drug-likeness (QED) is 0.199. The summed E-state index contributed by atoms with van der Waals surface area (Å²) in [6, 6.07) is 3.07. The predicted molar refractivity (Wildman–Crippen MR) is 104 cm³/mol. The smallest absolute Gasteiger partial charge is 0.315 e. The molecule has 0 atom stereocenters. The van der Waals surface area contributed by atoms with Crippen LogP contribution in [-0.2, 0) is 0 Å². The Morgan fingerprint density at radius 2 is 2.15 bits per heavy atom. The summed E-state index contributed by atoms with van der Waals surface area (Å²) in [5.41, 5.74) is 0.359. The molecule has 0 amide bonds. The van der Waals surface area contributed by atoms with Crippen LogP contribution < -0.4 is 9.47 Å². The van der Waals surface area contributed by atoms with E-state index in [1.165, 1.54) is 31.2 Å². The van der Waals surface area contributed by atoms with E-state index >= 15 is 0 Å². The summed E-state index contributed by atoms with van der Waals surface area (Å²) in [5.74, 6) is 1.06. The Labute approximate surface area is 161 Å². The van der Waals surface area contributed by atoms with Gasteiger partial charge >= 0.3 is 5.69 Å². The van der Waals surface area contributed by atoms with Gasteiger partial charge in [0, 0.05) is 11.6 Å². The Hall–Kier alpha value is -2.62. The van der Waals surface area contributed by atoms with Gasteiger partial charge in [0.25, 0.3) is 0 Å². The number of nitro groups is 1. The second-order valence-corrected chi connectivity index (χ2v) is 6.45. The van der Waals surface area contributed by atoms with E-state index in [0.29, 0.717) is 28.9 Å². The fourth-order valence-corrected chi connectivity index (χ4v) is 2.84. The van der Waals surface area contributed by atoms with Crippen LogP contribution in [0.25, 0.3) is 0 Å². The summed E-state index contributed by atoms with van der Waals surface area (Å²) >= 11 is 1.41. The van der Waals surface area contributed by atoms with E-state index in [1.54, 1.807) is 17.7 Å². The maximum absolute atomic E-state index is 11.5. The lowest BCUT2D eigenvalue weighted by Crippen LogP contribution is -2.04. The molecule has 0 N–H and O–H groups in total. The number of nitro benzene ring substituents is 1. The van der Waals surface area contributed by atoms with E-state index in [4.69, 9.17) is 9.47 Å². The molecule has 0 spiro atoms. The Balaban J connectivity index is 2.35. The topological polar surface area (TPSA) is 105 Å². The molecular weight excluding hydrogens is 370 g/mol. The van der Waals surface area contributed by atoms with Crippen molar-refractivity contribution in [3.05, 3.63) is 33.6 Å². The summed E-state index contributed by atoms with van der Waals surface area (Å²) in [6.07, 6.45) is 6.24. The molecule has 0 bridgehead atoms. The number of rotatable bonds is 10. The van der Waals surface area contributed by atoms with Crippen LogP contribution in [0.5, 0.6) is 11.5 Å². The molecule has 0 saturated heterocycles. The van der Waals surface area contributed by atoms with E-state index < -0.39 is 4.92 Å². The van der Waals surface area contributed by atoms with Crippen molar-refractivity contribution in [1.82, 2.24) is 14.9 Å². The molecule has 0 fully saturated rings. The van der Waals surface area contributed by atoms with E-state index in [-0.39, 0.29) is 11.4 Å². The summed E-state index contributed by atoms with van der Waals surface area (Å²) < 4.78 is 12.5. The molecule has 146 valence electrons. The third-order valence-electron chi connectivity index (χ3n) is 3.74. The van der Waals surface area contributed by atoms with E-state index in [1.807, 2.05) is 6.26 Å². The standard InChI is InChI=1S/C17H23N5O4S/c1-5-6-7-8-26-16-14(22(23)24)9-13(10-15(16)25-3)11-18-21-12(2)19-20-17(21)27-4/h9-11H,5-8H2,1-4H3/b18-11-. The molecule has 1 aromatic heterocycles. The monoisotopic (exact) mass is 393 g/mol. The van der Waals surface area contributed by atoms with Gasteiger partial charge in [-0.3, -0.25) is 10.1 Å². The molecular formula is C17H23N5O4S. The van der Waals surface area contributed by atoms with Gasteiger partial charge in [0.15, 0.2) is 11.6 Å². The number of hydrogen-bond acceptors (Lipinski definition) is 8. The number of unbranched alkanes of at least 4 members (excludes halogenated alkanes) is 2. The summed E-state index contributed by atoms with van der Waals surface area (Å²) in [7, 11) is 1.45. The molecule has 1 heterocycles. The van der Waals surface area contributed by atoms with Crippen molar-refractivity contribution in [2.75, 3.05) is 20.0 Å². The minimum absolute atomic E-state index is 0.140. The van der Waals surface area contributed by atoms with Gasteiger partial charge in [0.2, 0.25) is 10.9 Å². The maximum atomic E-state index is 11.5. The summed E-state index contributed by atoms with van der Waals surface area (Å²) in [6.45, 7) is 4.26. The molecule has 0 aliphatic carbocycles. The Morgan fingerprint density at radius 1 is 1.37 bits per heavy atom. The van der Waals surface area contributed by atoms with Crippen molar-refractivity contribution < 1.29 is 14.4 Å². The van der Waals surface area contributed by atoms with Gasteiger partial charge in [-0.05, 0) is 25.7 Å². The molecule has 10 heteroatoms. The van der Waals surface area contributed by atoms with Crippen molar-refractivity contribution in [2.45, 2.75) is 38.3 Å².